The van der Waals surface area contributed by atoms with Gasteiger partial charge in [-0.15, -0.1) is 0 Å². The molecule has 3 aromatic rings. The Morgan fingerprint density at radius 3 is 2.59 bits per heavy atom. The van der Waals surface area contributed by atoms with Crippen molar-refractivity contribution < 1.29 is 9.53 Å². The molecule has 5 nitrogen and oxygen atoms in total. The summed E-state index contributed by atoms with van der Waals surface area (Å²) < 4.78 is 5.77. The number of carbonyl (C=O) groups is 1. The SMILES string of the molecule is CN(C)CCc1c[nH]c2cccc(OC(=O)c3ccc(N4CCC4)cc3)c12. The lowest BCUT2D eigenvalue weighted by molar-refractivity contribution is 0.0737. The summed E-state index contributed by atoms with van der Waals surface area (Å²) in [5.41, 5.74) is 3.88. The number of carbonyl (C=O) groups excluding carboxylic acids is 1. The number of nitrogens with zero attached hydrogens (tertiary/aromatic N) is 2. The highest BCUT2D eigenvalue weighted by atomic mass is 16.5. The molecule has 5 heteroatoms. The van der Waals surface area contributed by atoms with Gasteiger partial charge in [0.1, 0.15) is 5.75 Å². The predicted octanol–water partition coefficient (Wildman–Crippen LogP) is 3.70. The van der Waals surface area contributed by atoms with Crippen LogP contribution in [-0.4, -0.2) is 49.6 Å². The second-order valence-electron chi connectivity index (χ2n) is 7.32. The minimum absolute atomic E-state index is 0.322. The third-order valence-electron chi connectivity index (χ3n) is 5.10. The number of rotatable bonds is 6. The van der Waals surface area contributed by atoms with Gasteiger partial charge in [-0.05, 0) is 68.9 Å². The largest absolute Gasteiger partial charge is 0.422 e. The highest BCUT2D eigenvalue weighted by Crippen LogP contribution is 2.30. The zero-order chi connectivity index (χ0) is 18.8. The second kappa shape index (κ2) is 7.45. The molecule has 4 rings (SSSR count). The number of benzene rings is 2. The van der Waals surface area contributed by atoms with Gasteiger partial charge in [-0.1, -0.05) is 6.07 Å². The first-order chi connectivity index (χ1) is 13.1. The Morgan fingerprint density at radius 1 is 1.15 bits per heavy atom. The average Bonchev–Trinajstić information content (AvgIpc) is 3.03. The molecule has 0 spiro atoms. The van der Waals surface area contributed by atoms with E-state index in [0.717, 1.165) is 48.2 Å². The molecule has 1 aromatic heterocycles. The molecular weight excluding hydrogens is 338 g/mol. The van der Waals surface area contributed by atoms with Gasteiger partial charge >= 0.3 is 5.97 Å². The predicted molar refractivity (Wildman–Crippen MR) is 109 cm³/mol. The highest BCUT2D eigenvalue weighted by molar-refractivity contribution is 5.96. The Kier molecular flexibility index (Phi) is 4.86. The minimum Gasteiger partial charge on any atom is -0.422 e. The summed E-state index contributed by atoms with van der Waals surface area (Å²) in [7, 11) is 4.11. The fourth-order valence-electron chi connectivity index (χ4n) is 3.39. The molecule has 1 N–H and O–H groups in total. The summed E-state index contributed by atoms with van der Waals surface area (Å²) in [5, 5.41) is 0.991. The molecule has 1 saturated heterocycles. The smallest absolute Gasteiger partial charge is 0.343 e. The number of hydrogen-bond acceptors (Lipinski definition) is 4. The van der Waals surface area contributed by atoms with Crippen molar-refractivity contribution in [3.63, 3.8) is 0 Å². The van der Waals surface area contributed by atoms with E-state index in [-0.39, 0.29) is 5.97 Å². The van der Waals surface area contributed by atoms with E-state index in [2.05, 4.69) is 28.9 Å². The van der Waals surface area contributed by atoms with Crippen molar-refractivity contribution in [1.82, 2.24) is 9.88 Å². The van der Waals surface area contributed by atoms with Crippen molar-refractivity contribution in [2.24, 2.45) is 0 Å². The molecule has 1 aliphatic heterocycles. The number of ether oxygens (including phenoxy) is 1. The van der Waals surface area contributed by atoms with Crippen LogP contribution < -0.4 is 9.64 Å². The van der Waals surface area contributed by atoms with Crippen LogP contribution in [0, 0.1) is 0 Å². The molecule has 140 valence electrons. The Morgan fingerprint density at radius 2 is 1.93 bits per heavy atom. The molecule has 1 aliphatic rings. The normalized spacial score (nSPS) is 13.8. The van der Waals surface area contributed by atoms with Crippen LogP contribution in [-0.2, 0) is 6.42 Å². The van der Waals surface area contributed by atoms with Crippen LogP contribution in [0.4, 0.5) is 5.69 Å². The van der Waals surface area contributed by atoms with Crippen LogP contribution in [0.2, 0.25) is 0 Å². The summed E-state index contributed by atoms with van der Waals surface area (Å²) >= 11 is 0. The molecule has 0 amide bonds. The van der Waals surface area contributed by atoms with Crippen LogP contribution in [0.5, 0.6) is 5.75 Å². The molecule has 0 bridgehead atoms. The number of fused-ring (bicyclic) bond motifs is 1. The van der Waals surface area contributed by atoms with Gasteiger partial charge in [-0.2, -0.15) is 0 Å². The van der Waals surface area contributed by atoms with Crippen molar-refractivity contribution in [1.29, 1.82) is 0 Å². The maximum atomic E-state index is 12.7. The van der Waals surface area contributed by atoms with E-state index in [1.54, 1.807) is 0 Å². The number of likely N-dealkylation sites (N-methyl/N-ethyl adjacent to an activating group) is 1. The monoisotopic (exact) mass is 363 g/mol. The number of H-pyrrole nitrogens is 1. The molecular formula is C22H25N3O2. The lowest BCUT2D eigenvalue weighted by Gasteiger charge is -2.33. The quantitative estimate of drug-likeness (QED) is 0.536. The topological polar surface area (TPSA) is 48.6 Å². The Balaban J connectivity index is 1.55. The van der Waals surface area contributed by atoms with Crippen LogP contribution >= 0.6 is 0 Å². The summed E-state index contributed by atoms with van der Waals surface area (Å²) in [6, 6.07) is 13.5. The van der Waals surface area contributed by atoms with Gasteiger partial charge in [0.15, 0.2) is 0 Å². The van der Waals surface area contributed by atoms with Crippen molar-refractivity contribution in [2.45, 2.75) is 12.8 Å². The lowest BCUT2D eigenvalue weighted by atomic mass is 10.1. The molecule has 0 aliphatic carbocycles. The van der Waals surface area contributed by atoms with Crippen molar-refractivity contribution in [2.75, 3.05) is 38.6 Å². The van der Waals surface area contributed by atoms with Crippen molar-refractivity contribution in [3.8, 4) is 5.75 Å². The van der Waals surface area contributed by atoms with Crippen molar-refractivity contribution >= 4 is 22.6 Å². The van der Waals surface area contributed by atoms with Gasteiger partial charge in [-0.25, -0.2) is 4.79 Å². The fourth-order valence-corrected chi connectivity index (χ4v) is 3.39. The average molecular weight is 363 g/mol. The highest BCUT2D eigenvalue weighted by Gasteiger charge is 2.17. The van der Waals surface area contributed by atoms with E-state index in [1.807, 2.05) is 48.7 Å². The van der Waals surface area contributed by atoms with Crippen molar-refractivity contribution in [3.05, 3.63) is 59.8 Å². The summed E-state index contributed by atoms with van der Waals surface area (Å²) in [4.78, 5) is 20.4. The van der Waals surface area contributed by atoms with E-state index < -0.39 is 0 Å². The number of nitrogens with one attached hydrogen (secondary N) is 1. The number of esters is 1. The first-order valence-corrected chi connectivity index (χ1v) is 9.43. The second-order valence-corrected chi connectivity index (χ2v) is 7.32. The molecule has 0 saturated carbocycles. The first-order valence-electron chi connectivity index (χ1n) is 9.43. The summed E-state index contributed by atoms with van der Waals surface area (Å²) in [6.07, 6.45) is 4.14. The Labute approximate surface area is 159 Å². The number of anilines is 1. The van der Waals surface area contributed by atoms with Gasteiger partial charge in [0.2, 0.25) is 0 Å². The lowest BCUT2D eigenvalue weighted by Crippen LogP contribution is -2.36. The van der Waals surface area contributed by atoms with Gasteiger partial charge in [0.25, 0.3) is 0 Å². The van der Waals surface area contributed by atoms with Gasteiger partial charge < -0.3 is 19.5 Å². The standard InChI is InChI=1S/C22H25N3O2/c1-24(2)14-11-17-15-23-19-5-3-6-20(21(17)19)27-22(26)16-7-9-18(10-8-16)25-12-4-13-25/h3,5-10,15,23H,4,11-14H2,1-2H3. The molecule has 1 fully saturated rings. The molecule has 0 unspecified atom stereocenters. The van der Waals surface area contributed by atoms with E-state index in [9.17, 15) is 4.79 Å². The maximum Gasteiger partial charge on any atom is 0.343 e. The Bertz CT molecular complexity index is 940. The van der Waals surface area contributed by atoms with Crippen LogP contribution in [0.25, 0.3) is 10.9 Å². The van der Waals surface area contributed by atoms with Gasteiger partial charge in [0, 0.05) is 42.4 Å². The van der Waals surface area contributed by atoms with E-state index in [1.165, 1.54) is 6.42 Å². The summed E-state index contributed by atoms with van der Waals surface area (Å²) in [5.74, 6) is 0.289. The molecule has 27 heavy (non-hydrogen) atoms. The zero-order valence-corrected chi connectivity index (χ0v) is 15.9. The van der Waals surface area contributed by atoms with Gasteiger partial charge in [0.05, 0.1) is 5.56 Å². The third-order valence-corrected chi connectivity index (χ3v) is 5.10. The number of hydrogen-bond donors (Lipinski definition) is 1. The molecule has 0 radical (unpaired) electrons. The zero-order valence-electron chi connectivity index (χ0n) is 15.9. The fraction of sp³-hybridized carbons (Fsp3) is 0.318. The van der Waals surface area contributed by atoms with E-state index in [0.29, 0.717) is 11.3 Å². The minimum atomic E-state index is -0.322. The summed E-state index contributed by atoms with van der Waals surface area (Å²) in [6.45, 7) is 3.12. The Hall–Kier alpha value is -2.79. The molecule has 0 atom stereocenters. The van der Waals surface area contributed by atoms with E-state index >= 15 is 0 Å². The molecule has 2 heterocycles. The van der Waals surface area contributed by atoms with Crippen LogP contribution in [0.3, 0.4) is 0 Å². The number of aromatic amines is 1. The third kappa shape index (κ3) is 3.69. The van der Waals surface area contributed by atoms with Crippen LogP contribution in [0.15, 0.2) is 48.7 Å². The first kappa shape index (κ1) is 17.6. The van der Waals surface area contributed by atoms with Gasteiger partial charge in [-0.3, -0.25) is 0 Å². The number of aromatic nitrogens is 1. The van der Waals surface area contributed by atoms with E-state index in [4.69, 9.17) is 4.74 Å². The maximum absolute atomic E-state index is 12.7. The molecule has 2 aromatic carbocycles. The van der Waals surface area contributed by atoms with Crippen LogP contribution in [0.1, 0.15) is 22.3 Å².